The number of benzene rings is 3. The summed E-state index contributed by atoms with van der Waals surface area (Å²) in [5.74, 6) is -17.1. The first kappa shape index (κ1) is 95.4. The summed E-state index contributed by atoms with van der Waals surface area (Å²) in [7, 11) is 0. The van der Waals surface area contributed by atoms with Crippen LogP contribution >= 0.6 is 0 Å². The Morgan fingerprint density at radius 3 is 1.37 bits per heavy atom. The molecule has 3 aromatic carbocycles. The number of aliphatic hydroxyl groups excluding tert-OH is 1. The van der Waals surface area contributed by atoms with E-state index in [-0.39, 0.29) is 100.0 Å². The fourth-order valence-corrected chi connectivity index (χ4v) is 11.9. The first-order chi connectivity index (χ1) is 54.0. The number of amides is 14. The Labute approximate surface area is 661 Å². The maximum absolute atomic E-state index is 14.8. The minimum absolute atomic E-state index is 0.0268. The van der Waals surface area contributed by atoms with Gasteiger partial charge in [-0.2, -0.15) is 13.2 Å². The fourth-order valence-electron chi connectivity index (χ4n) is 11.9. The molecule has 0 unspecified atom stereocenters. The van der Waals surface area contributed by atoms with Crippen molar-refractivity contribution in [1.29, 1.82) is 5.41 Å². The quantitative estimate of drug-likeness (QED) is 0.0128. The van der Waals surface area contributed by atoms with Gasteiger partial charge in [0.2, 0.25) is 82.7 Å². The smallest absolute Gasteiger partial charge is 0.416 e. The Morgan fingerprint density at radius 1 is 0.487 bits per heavy atom. The minimum Gasteiger partial charge on any atom is -0.508 e. The molecule has 13 atom stereocenters. The van der Waals surface area contributed by atoms with Crippen molar-refractivity contribution in [2.45, 2.75) is 224 Å². The molecule has 0 saturated heterocycles. The molecule has 0 spiro atoms. The van der Waals surface area contributed by atoms with E-state index in [1.807, 2.05) is 0 Å². The van der Waals surface area contributed by atoms with Crippen LogP contribution in [-0.2, 0) is 97.4 Å². The van der Waals surface area contributed by atoms with Crippen LogP contribution in [0.25, 0.3) is 10.9 Å². The lowest BCUT2D eigenvalue weighted by molar-refractivity contribution is -0.139. The first-order valence-corrected chi connectivity index (χ1v) is 37.3. The van der Waals surface area contributed by atoms with Crippen molar-refractivity contribution in [3.8, 4) is 5.75 Å². The van der Waals surface area contributed by atoms with Crippen LogP contribution in [0.1, 0.15) is 142 Å². The van der Waals surface area contributed by atoms with Gasteiger partial charge in [-0.25, -0.2) is 0 Å². The number of nitrogens with two attached hydrogens (primary N) is 4. The molecule has 4 aromatic rings. The van der Waals surface area contributed by atoms with Crippen LogP contribution in [0.2, 0.25) is 0 Å². The van der Waals surface area contributed by atoms with Crippen LogP contribution in [0.5, 0.6) is 5.75 Å². The number of para-hydroxylation sites is 1. The van der Waals surface area contributed by atoms with Gasteiger partial charge in [0.25, 0.3) is 0 Å². The number of phenolic OH excluding ortho intramolecular Hbond substituents is 1. The van der Waals surface area contributed by atoms with Crippen molar-refractivity contribution < 1.29 is 100 Å². The van der Waals surface area contributed by atoms with Gasteiger partial charge in [0.15, 0.2) is 5.96 Å². The third kappa shape index (κ3) is 33.3. The Morgan fingerprint density at radius 2 is 0.904 bits per heavy atom. The number of carbonyl (C=O) groups is 15. The van der Waals surface area contributed by atoms with E-state index in [0.717, 1.165) is 26.0 Å². The van der Waals surface area contributed by atoms with Gasteiger partial charge in [0.05, 0.1) is 18.1 Å². The number of carboxylic acids is 1. The molecular formula is C75H108F3N19O18. The van der Waals surface area contributed by atoms with Gasteiger partial charge >= 0.3 is 12.1 Å². The van der Waals surface area contributed by atoms with Gasteiger partial charge in [-0.15, -0.1) is 0 Å². The van der Waals surface area contributed by atoms with Crippen molar-refractivity contribution >= 4 is 106 Å². The van der Waals surface area contributed by atoms with Gasteiger partial charge in [0.1, 0.15) is 78.3 Å². The fraction of sp³-hybridized carbons (Fsp3) is 0.520. The van der Waals surface area contributed by atoms with Crippen LogP contribution in [0.3, 0.4) is 0 Å². The molecule has 0 saturated carbocycles. The van der Waals surface area contributed by atoms with E-state index in [1.165, 1.54) is 38.1 Å². The zero-order valence-corrected chi connectivity index (χ0v) is 65.2. The largest absolute Gasteiger partial charge is 0.508 e. The molecule has 0 aliphatic carbocycles. The zero-order chi connectivity index (χ0) is 86.1. The molecule has 1 heterocycles. The molecule has 40 heteroatoms. The van der Waals surface area contributed by atoms with E-state index >= 15 is 0 Å². The molecular weight excluding hydrogens is 1510 g/mol. The van der Waals surface area contributed by atoms with Crippen molar-refractivity contribution in [3.63, 3.8) is 0 Å². The van der Waals surface area contributed by atoms with E-state index in [0.29, 0.717) is 34.2 Å². The number of primary amides is 2. The van der Waals surface area contributed by atoms with E-state index in [2.05, 4.69) is 74.1 Å². The highest BCUT2D eigenvalue weighted by Crippen LogP contribution is 2.29. The summed E-state index contributed by atoms with van der Waals surface area (Å²) >= 11 is 0. The third-order valence-corrected chi connectivity index (χ3v) is 17.9. The van der Waals surface area contributed by atoms with Crippen molar-refractivity contribution in [3.05, 3.63) is 101 Å². The number of aromatic hydroxyl groups is 1. The first-order valence-electron chi connectivity index (χ1n) is 37.3. The zero-order valence-electron chi connectivity index (χ0n) is 65.2. The molecule has 0 radical (unpaired) electrons. The number of aliphatic carboxylic acids is 1. The number of H-pyrrole nitrogens is 1. The van der Waals surface area contributed by atoms with Crippen LogP contribution < -0.4 is 92.1 Å². The number of alkyl halides is 3. The summed E-state index contributed by atoms with van der Waals surface area (Å²) < 4.78 is 41.6. The number of carbonyl (C=O) groups excluding carboxylic acids is 14. The number of halogens is 3. The SMILES string of the molecule is CC(=O)N[C@H](C(=O)N[C@@H](C)C(=O)N[C@@H](Cc1c[nH]c2ccccc12)C(=O)N[C@@H](Cc1ccc(O)cc1)C(=O)N[C@@H](C)C(=O)N[C@@H](CC(N)=O)C(=O)N[C@@H](Cc1ccc(C(F)(F)F)cc1)C(=O)N[C@@H](CCC(=O)O)C(=O)N[C@@H](CCCCN)C(=O)N[C@@H](CC(C)C)C(=O)N[C@@H](CC(C)C)C(=O)N[C@@H](CCCNC(=N)N)C(N)=O)[C@@H](C)O. The Balaban J connectivity index is 1.68. The Kier molecular flexibility index (Phi) is 38.4. The average molecular weight is 1620 g/mol. The average Bonchev–Trinajstić information content (AvgIpc) is 1.76. The lowest BCUT2D eigenvalue weighted by atomic mass is 9.99. The number of phenols is 1. The summed E-state index contributed by atoms with van der Waals surface area (Å²) in [6.07, 6.45) is -8.15. The Bertz CT molecular complexity index is 4050. The number of guanidine groups is 1. The van der Waals surface area contributed by atoms with Crippen LogP contribution in [0, 0.1) is 17.2 Å². The van der Waals surface area contributed by atoms with Gasteiger partial charge in [-0.05, 0) is 138 Å². The second-order valence-electron chi connectivity index (χ2n) is 28.8. The molecule has 0 fully saturated rings. The van der Waals surface area contributed by atoms with Gasteiger partial charge < -0.3 is 112 Å². The monoisotopic (exact) mass is 1620 g/mol. The summed E-state index contributed by atoms with van der Waals surface area (Å²) in [6.45, 7) is 11.9. The lowest BCUT2D eigenvalue weighted by Crippen LogP contribution is -2.61. The number of unbranched alkanes of at least 4 members (excludes halogenated alkanes) is 1. The number of nitrogens with one attached hydrogen (secondary N) is 15. The number of aromatic nitrogens is 1. The third-order valence-electron chi connectivity index (χ3n) is 17.9. The Hall–Kier alpha value is -12.0. The number of aromatic amines is 1. The van der Waals surface area contributed by atoms with E-state index in [9.17, 15) is 100 Å². The number of hydrogen-bond donors (Lipinski definition) is 22. The topological polar surface area (TPSA) is 617 Å². The number of carboxylic acid groups (broad SMARTS) is 1. The summed E-state index contributed by atoms with van der Waals surface area (Å²) in [6, 6.07) is -3.83. The predicted molar refractivity (Wildman–Crippen MR) is 412 cm³/mol. The maximum Gasteiger partial charge on any atom is 0.416 e. The highest BCUT2D eigenvalue weighted by Gasteiger charge is 2.39. The van der Waals surface area contributed by atoms with E-state index < -0.39 is 205 Å². The standard InChI is InChI=1S/C75H108F3N19O18/c1-37(2)30-53(68(110)89-50(62(81)104)17-13-29-84-74(82)83)95-69(111)54(31-38(3)4)94-65(107)51(16-11-12-28-79)90-66(108)52(26-27-60(102)103)91-70(112)56(32-43-18-22-46(23-19-43)75(76,77)78)97-72(114)58(35-59(80)101)93-63(105)39(5)86-67(109)55(33-44-20-24-47(100)25-21-44)96-71(113)57(34-45-36-85-49-15-10-9-14-48(45)49)92-64(106)40(6)87-73(115)61(41(7)98)88-42(8)99/h9-10,14-15,18-25,36-41,50-58,61,85,98,100H,11-13,16-17,26-35,79H2,1-8H3,(H2,80,101)(H2,81,104)(H,86,109)(H,87,115)(H,88,99)(H,89,110)(H,90,108)(H,91,112)(H,92,106)(H,93,105)(H,94,107)(H,95,111)(H,96,113)(H,97,114)(H,102,103)(H4,82,83,84)/t39-,40-,41+,50-,51-,52-,53-,54-,55-,56-,57-,58-,61-/m0/s1. The molecule has 4 rings (SSSR count). The minimum atomic E-state index is -4.86. The highest BCUT2D eigenvalue weighted by atomic mass is 19.4. The highest BCUT2D eigenvalue weighted by molar-refractivity contribution is 6.01. The molecule has 37 nitrogen and oxygen atoms in total. The van der Waals surface area contributed by atoms with Gasteiger partial charge in [0, 0.05) is 56.3 Å². The molecule has 14 amide bonds. The molecule has 632 valence electrons. The summed E-state index contributed by atoms with van der Waals surface area (Å²) in [5, 5.41) is 70.4. The van der Waals surface area contributed by atoms with Gasteiger partial charge in [-0.1, -0.05) is 70.2 Å². The molecule has 115 heavy (non-hydrogen) atoms. The number of rotatable bonds is 48. The number of hydrogen-bond acceptors (Lipinski definition) is 19. The predicted octanol–water partition coefficient (Wildman–Crippen LogP) is -2.11. The molecule has 0 aliphatic heterocycles. The normalized spacial score (nSPS) is 14.7. The summed E-state index contributed by atoms with van der Waals surface area (Å²) in [4.78, 5) is 210. The van der Waals surface area contributed by atoms with Gasteiger partial charge in [-0.3, -0.25) is 77.3 Å². The molecule has 0 aliphatic rings. The van der Waals surface area contributed by atoms with Crippen molar-refractivity contribution in [2.75, 3.05) is 13.1 Å². The van der Waals surface area contributed by atoms with Crippen LogP contribution in [-0.4, -0.2) is 207 Å². The molecule has 1 aromatic heterocycles. The lowest BCUT2D eigenvalue weighted by Gasteiger charge is -2.29. The number of aliphatic hydroxyl groups is 1. The van der Waals surface area contributed by atoms with E-state index in [1.54, 1.807) is 58.2 Å². The van der Waals surface area contributed by atoms with Crippen LogP contribution in [0.4, 0.5) is 13.2 Å². The second-order valence-corrected chi connectivity index (χ2v) is 28.8. The van der Waals surface area contributed by atoms with E-state index in [4.69, 9.17) is 28.3 Å². The van der Waals surface area contributed by atoms with Crippen molar-refractivity contribution in [2.24, 2.45) is 34.8 Å². The van der Waals surface area contributed by atoms with Crippen LogP contribution in [0.15, 0.2) is 79.0 Å². The maximum atomic E-state index is 14.8. The second kappa shape index (κ2) is 46.3. The molecule has 0 bridgehead atoms. The molecule has 26 N–H and O–H groups in total. The number of fused-ring (bicyclic) bond motifs is 1. The summed E-state index contributed by atoms with van der Waals surface area (Å²) in [5.41, 5.74) is 22.6. The van der Waals surface area contributed by atoms with Crippen molar-refractivity contribution in [1.82, 2.24) is 74.1 Å².